The highest BCUT2D eigenvalue weighted by molar-refractivity contribution is 6.33. The van der Waals surface area contributed by atoms with Crippen LogP contribution in [0.5, 0.6) is 0 Å². The standard InChI is InChI=1S/C10H14ClN3O/c1-14(2)10(15)6-13-9-4-3-7(12)5-8(9)11/h3-5,13H,6,12H2,1-2H3. The quantitative estimate of drug-likeness (QED) is 0.768. The van der Waals surface area contributed by atoms with Crippen LogP contribution in [0, 0.1) is 0 Å². The molecule has 0 heterocycles. The summed E-state index contributed by atoms with van der Waals surface area (Å²) in [5, 5.41) is 3.46. The van der Waals surface area contributed by atoms with E-state index in [1.54, 1.807) is 32.3 Å². The molecule has 0 fully saturated rings. The van der Waals surface area contributed by atoms with E-state index in [-0.39, 0.29) is 12.5 Å². The van der Waals surface area contributed by atoms with Crippen molar-refractivity contribution in [2.24, 2.45) is 0 Å². The molecule has 0 aliphatic carbocycles. The molecule has 3 N–H and O–H groups in total. The Morgan fingerprint density at radius 1 is 1.53 bits per heavy atom. The van der Waals surface area contributed by atoms with Crippen molar-refractivity contribution in [1.29, 1.82) is 0 Å². The molecule has 15 heavy (non-hydrogen) atoms. The normalized spacial score (nSPS) is 9.80. The Morgan fingerprint density at radius 3 is 2.73 bits per heavy atom. The molecule has 4 nitrogen and oxygen atoms in total. The number of hydrogen-bond donors (Lipinski definition) is 2. The monoisotopic (exact) mass is 227 g/mol. The van der Waals surface area contributed by atoms with Gasteiger partial charge in [-0.2, -0.15) is 0 Å². The van der Waals surface area contributed by atoms with Gasteiger partial charge in [0, 0.05) is 19.8 Å². The topological polar surface area (TPSA) is 58.4 Å². The number of benzene rings is 1. The fourth-order valence-electron chi connectivity index (χ4n) is 1.00. The van der Waals surface area contributed by atoms with Gasteiger partial charge in [0.1, 0.15) is 0 Å². The van der Waals surface area contributed by atoms with Gasteiger partial charge in [-0.3, -0.25) is 4.79 Å². The van der Waals surface area contributed by atoms with Crippen LogP contribution in [0.15, 0.2) is 18.2 Å². The zero-order valence-corrected chi connectivity index (χ0v) is 9.51. The molecule has 1 amide bonds. The number of halogens is 1. The Bertz CT molecular complexity index is 366. The van der Waals surface area contributed by atoms with Crippen molar-refractivity contribution in [3.05, 3.63) is 23.2 Å². The molecule has 0 bridgehead atoms. The summed E-state index contributed by atoms with van der Waals surface area (Å²) in [5.74, 6) is -0.0112. The second-order valence-electron chi connectivity index (χ2n) is 3.38. The first-order chi connectivity index (χ1) is 7.00. The maximum Gasteiger partial charge on any atom is 0.241 e. The van der Waals surface area contributed by atoms with Crippen molar-refractivity contribution in [1.82, 2.24) is 4.90 Å². The number of anilines is 2. The van der Waals surface area contributed by atoms with E-state index in [1.165, 1.54) is 4.90 Å². The molecule has 1 rings (SSSR count). The summed E-state index contributed by atoms with van der Waals surface area (Å²) < 4.78 is 0. The minimum absolute atomic E-state index is 0.0112. The minimum atomic E-state index is -0.0112. The summed E-state index contributed by atoms with van der Waals surface area (Å²) in [6.07, 6.45) is 0. The van der Waals surface area contributed by atoms with E-state index in [0.717, 1.165) is 0 Å². The first-order valence-corrected chi connectivity index (χ1v) is 4.87. The van der Waals surface area contributed by atoms with Gasteiger partial charge in [-0.25, -0.2) is 0 Å². The number of carbonyl (C=O) groups is 1. The fraction of sp³-hybridized carbons (Fsp3) is 0.300. The molecular weight excluding hydrogens is 214 g/mol. The molecule has 1 aromatic carbocycles. The predicted molar refractivity (Wildman–Crippen MR) is 63.0 cm³/mol. The molecule has 0 radical (unpaired) electrons. The Hall–Kier alpha value is -1.42. The second-order valence-corrected chi connectivity index (χ2v) is 3.79. The molecule has 0 unspecified atom stereocenters. The van der Waals surface area contributed by atoms with E-state index in [1.807, 2.05) is 0 Å². The van der Waals surface area contributed by atoms with Crippen molar-refractivity contribution in [2.75, 3.05) is 31.7 Å². The third-order valence-electron chi connectivity index (χ3n) is 1.92. The molecule has 0 atom stereocenters. The van der Waals surface area contributed by atoms with Gasteiger partial charge in [0.15, 0.2) is 0 Å². The molecule has 1 aromatic rings. The highest BCUT2D eigenvalue weighted by Crippen LogP contribution is 2.23. The maximum absolute atomic E-state index is 11.3. The Balaban J connectivity index is 2.62. The lowest BCUT2D eigenvalue weighted by molar-refractivity contribution is -0.126. The Kier molecular flexibility index (Phi) is 3.80. The third kappa shape index (κ3) is 3.32. The van der Waals surface area contributed by atoms with Crippen molar-refractivity contribution >= 4 is 28.9 Å². The van der Waals surface area contributed by atoms with Gasteiger partial charge in [-0.15, -0.1) is 0 Å². The second kappa shape index (κ2) is 4.89. The highest BCUT2D eigenvalue weighted by Gasteiger charge is 2.05. The molecule has 82 valence electrons. The van der Waals surface area contributed by atoms with Gasteiger partial charge in [-0.05, 0) is 18.2 Å². The number of nitrogens with one attached hydrogen (secondary N) is 1. The Morgan fingerprint density at radius 2 is 2.20 bits per heavy atom. The van der Waals surface area contributed by atoms with Gasteiger partial charge in [0.05, 0.1) is 17.3 Å². The van der Waals surface area contributed by atoms with Crippen molar-refractivity contribution in [2.45, 2.75) is 0 Å². The van der Waals surface area contributed by atoms with E-state index in [9.17, 15) is 4.79 Å². The van der Waals surface area contributed by atoms with Gasteiger partial charge >= 0.3 is 0 Å². The minimum Gasteiger partial charge on any atom is -0.399 e. The number of nitrogens with zero attached hydrogens (tertiary/aromatic N) is 1. The molecule has 0 aliphatic rings. The number of rotatable bonds is 3. The SMILES string of the molecule is CN(C)C(=O)CNc1ccc(N)cc1Cl. The Labute approximate surface area is 94.0 Å². The summed E-state index contributed by atoms with van der Waals surface area (Å²) in [4.78, 5) is 12.8. The zero-order valence-electron chi connectivity index (χ0n) is 8.75. The van der Waals surface area contributed by atoms with Crippen LogP contribution in [-0.4, -0.2) is 31.4 Å². The first-order valence-electron chi connectivity index (χ1n) is 4.49. The number of amides is 1. The molecule has 0 saturated heterocycles. The number of hydrogen-bond acceptors (Lipinski definition) is 3. The van der Waals surface area contributed by atoms with E-state index < -0.39 is 0 Å². The highest BCUT2D eigenvalue weighted by atomic mass is 35.5. The molecule has 0 aromatic heterocycles. The smallest absolute Gasteiger partial charge is 0.241 e. The van der Waals surface area contributed by atoms with Crippen LogP contribution in [0.2, 0.25) is 5.02 Å². The van der Waals surface area contributed by atoms with Crippen LogP contribution in [0.3, 0.4) is 0 Å². The van der Waals surface area contributed by atoms with Crippen LogP contribution in [0.25, 0.3) is 0 Å². The van der Waals surface area contributed by atoms with Crippen molar-refractivity contribution in [3.63, 3.8) is 0 Å². The maximum atomic E-state index is 11.3. The van der Waals surface area contributed by atoms with Gasteiger partial charge in [0.2, 0.25) is 5.91 Å². The van der Waals surface area contributed by atoms with Crippen LogP contribution in [-0.2, 0) is 4.79 Å². The van der Waals surface area contributed by atoms with Crippen molar-refractivity contribution in [3.8, 4) is 0 Å². The molecule has 5 heteroatoms. The summed E-state index contributed by atoms with van der Waals surface area (Å²) in [7, 11) is 3.41. The van der Waals surface area contributed by atoms with Gasteiger partial charge in [-0.1, -0.05) is 11.6 Å². The summed E-state index contributed by atoms with van der Waals surface area (Å²) >= 11 is 5.93. The average Bonchev–Trinajstić information content (AvgIpc) is 2.15. The molecule has 0 spiro atoms. The van der Waals surface area contributed by atoms with Crippen LogP contribution < -0.4 is 11.1 Å². The van der Waals surface area contributed by atoms with Crippen molar-refractivity contribution < 1.29 is 4.79 Å². The van der Waals surface area contributed by atoms with Gasteiger partial charge in [0.25, 0.3) is 0 Å². The van der Waals surface area contributed by atoms with E-state index in [2.05, 4.69) is 5.32 Å². The van der Waals surface area contributed by atoms with E-state index >= 15 is 0 Å². The fourth-order valence-corrected chi connectivity index (χ4v) is 1.26. The number of carbonyl (C=O) groups excluding carboxylic acids is 1. The number of nitrogen functional groups attached to an aromatic ring is 1. The van der Waals surface area contributed by atoms with E-state index in [4.69, 9.17) is 17.3 Å². The van der Waals surface area contributed by atoms with Gasteiger partial charge < -0.3 is 16.0 Å². The summed E-state index contributed by atoms with van der Waals surface area (Å²) in [5.41, 5.74) is 6.85. The third-order valence-corrected chi connectivity index (χ3v) is 2.23. The first kappa shape index (κ1) is 11.7. The summed E-state index contributed by atoms with van der Waals surface area (Å²) in [6.45, 7) is 0.219. The number of likely N-dealkylation sites (N-methyl/N-ethyl adjacent to an activating group) is 1. The largest absolute Gasteiger partial charge is 0.399 e. The average molecular weight is 228 g/mol. The lowest BCUT2D eigenvalue weighted by Crippen LogP contribution is -2.28. The number of nitrogens with two attached hydrogens (primary N) is 1. The summed E-state index contributed by atoms with van der Waals surface area (Å²) in [6, 6.07) is 5.12. The zero-order chi connectivity index (χ0) is 11.4. The lowest BCUT2D eigenvalue weighted by atomic mass is 10.3. The van der Waals surface area contributed by atoms with Crippen LogP contribution in [0.4, 0.5) is 11.4 Å². The molecule has 0 saturated carbocycles. The molecular formula is C10H14ClN3O. The lowest BCUT2D eigenvalue weighted by Gasteiger charge is -2.12. The van der Waals surface area contributed by atoms with Crippen LogP contribution >= 0.6 is 11.6 Å². The van der Waals surface area contributed by atoms with Crippen LogP contribution in [0.1, 0.15) is 0 Å². The predicted octanol–water partition coefficient (Wildman–Crippen LogP) is 1.42. The van der Waals surface area contributed by atoms with E-state index in [0.29, 0.717) is 16.4 Å². The molecule has 0 aliphatic heterocycles.